The van der Waals surface area contributed by atoms with Crippen molar-refractivity contribution in [3.8, 4) is 28.7 Å². The Bertz CT molecular complexity index is 775. The maximum Gasteiger partial charge on any atom is 0.266 e. The number of halogens is 1. The number of H-pyrrole nitrogens is 1. The van der Waals surface area contributed by atoms with E-state index in [1.807, 2.05) is 6.07 Å². The zero-order valence-corrected chi connectivity index (χ0v) is 11.6. The lowest BCUT2D eigenvalue weighted by Gasteiger charge is -2.11. The van der Waals surface area contributed by atoms with Crippen LogP contribution in [0.3, 0.4) is 0 Å². The number of rotatable bonds is 2. The van der Waals surface area contributed by atoms with Crippen molar-refractivity contribution in [2.45, 2.75) is 6.92 Å². The summed E-state index contributed by atoms with van der Waals surface area (Å²) >= 11 is 6.09. The summed E-state index contributed by atoms with van der Waals surface area (Å²) in [5.74, 6) is 0.104. The highest BCUT2D eigenvalue weighted by atomic mass is 35.5. The summed E-state index contributed by atoms with van der Waals surface area (Å²) in [5, 5.41) is 19.0. The highest BCUT2D eigenvalue weighted by Crippen LogP contribution is 2.38. The number of nitrogens with one attached hydrogen (secondary N) is 1. The third-order valence-electron chi connectivity index (χ3n) is 2.84. The largest absolute Gasteiger partial charge is 0.504 e. The molecule has 6 heteroatoms. The summed E-state index contributed by atoms with van der Waals surface area (Å²) in [7, 11) is 1.40. The first-order valence-corrected chi connectivity index (χ1v) is 6.06. The van der Waals surface area contributed by atoms with Gasteiger partial charge in [0.2, 0.25) is 0 Å². The second-order valence-corrected chi connectivity index (χ2v) is 4.59. The average Bonchev–Trinajstić information content (AvgIpc) is 2.38. The van der Waals surface area contributed by atoms with E-state index in [9.17, 15) is 9.90 Å². The summed E-state index contributed by atoms with van der Waals surface area (Å²) in [6.45, 7) is 1.71. The molecule has 2 N–H and O–H groups in total. The minimum Gasteiger partial charge on any atom is -0.504 e. The molecule has 0 radical (unpaired) electrons. The number of pyridine rings is 1. The lowest BCUT2D eigenvalue weighted by Crippen LogP contribution is -2.12. The minimum absolute atomic E-state index is 0.0368. The van der Waals surface area contributed by atoms with Crippen molar-refractivity contribution >= 4 is 11.6 Å². The number of phenols is 1. The Morgan fingerprint density at radius 3 is 2.65 bits per heavy atom. The molecule has 0 amide bonds. The van der Waals surface area contributed by atoms with E-state index in [-0.39, 0.29) is 22.1 Å². The number of aromatic amines is 1. The van der Waals surface area contributed by atoms with Gasteiger partial charge in [-0.05, 0) is 19.1 Å². The number of phenolic OH excluding ortho intramolecular Hbond substituents is 1. The summed E-state index contributed by atoms with van der Waals surface area (Å²) < 4.78 is 5.02. The molecule has 0 aliphatic heterocycles. The summed E-state index contributed by atoms with van der Waals surface area (Å²) in [6, 6.07) is 6.32. The number of methoxy groups -OCH3 is 1. The summed E-state index contributed by atoms with van der Waals surface area (Å²) in [5.41, 5.74) is 0.937. The fourth-order valence-corrected chi connectivity index (χ4v) is 2.18. The van der Waals surface area contributed by atoms with Gasteiger partial charge in [-0.15, -0.1) is 0 Å². The molecule has 2 rings (SSSR count). The molecule has 0 saturated carbocycles. The normalized spacial score (nSPS) is 10.1. The Kier molecular flexibility index (Phi) is 3.68. The van der Waals surface area contributed by atoms with Crippen LogP contribution >= 0.6 is 11.6 Å². The van der Waals surface area contributed by atoms with Gasteiger partial charge in [-0.2, -0.15) is 5.26 Å². The molecule has 1 aromatic heterocycles. The first kappa shape index (κ1) is 14.0. The van der Waals surface area contributed by atoms with Crippen LogP contribution in [-0.2, 0) is 0 Å². The zero-order valence-electron chi connectivity index (χ0n) is 10.8. The molecule has 0 spiro atoms. The number of nitrogens with zero attached hydrogens (tertiary/aromatic N) is 1. The maximum absolute atomic E-state index is 11.8. The Labute approximate surface area is 120 Å². The molecular formula is C14H11ClN2O3. The standard InChI is InChI=1S/C14H11ClN2O3/c1-7-3-8(10(6-16)14(19)17-7)9-4-13(20-2)12(18)5-11(9)15/h3-5,18H,1-2H3,(H,17,19). The molecule has 1 aromatic carbocycles. The average molecular weight is 291 g/mol. The number of aryl methyl sites for hydroxylation is 1. The second kappa shape index (κ2) is 5.27. The molecule has 0 saturated heterocycles. The Morgan fingerprint density at radius 2 is 2.05 bits per heavy atom. The molecule has 0 fully saturated rings. The fourth-order valence-electron chi connectivity index (χ4n) is 1.92. The van der Waals surface area contributed by atoms with E-state index in [1.54, 1.807) is 13.0 Å². The molecule has 0 bridgehead atoms. The lowest BCUT2D eigenvalue weighted by molar-refractivity contribution is 0.373. The first-order chi connectivity index (χ1) is 9.47. The number of hydrogen-bond donors (Lipinski definition) is 2. The van der Waals surface area contributed by atoms with Gasteiger partial charge >= 0.3 is 0 Å². The van der Waals surface area contributed by atoms with E-state index < -0.39 is 5.56 Å². The minimum atomic E-state index is -0.481. The first-order valence-electron chi connectivity index (χ1n) is 5.68. The quantitative estimate of drug-likeness (QED) is 0.890. The van der Waals surface area contributed by atoms with Gasteiger partial charge in [-0.25, -0.2) is 0 Å². The van der Waals surface area contributed by atoms with Gasteiger partial charge < -0.3 is 14.8 Å². The lowest BCUT2D eigenvalue weighted by atomic mass is 10.0. The van der Waals surface area contributed by atoms with Crippen LogP contribution in [0.25, 0.3) is 11.1 Å². The van der Waals surface area contributed by atoms with E-state index in [1.165, 1.54) is 19.2 Å². The number of aromatic nitrogens is 1. The zero-order chi connectivity index (χ0) is 14.9. The van der Waals surface area contributed by atoms with Crippen LogP contribution in [0, 0.1) is 18.3 Å². The van der Waals surface area contributed by atoms with Crippen molar-refractivity contribution in [2.75, 3.05) is 7.11 Å². The molecule has 0 aliphatic carbocycles. The highest BCUT2D eigenvalue weighted by Gasteiger charge is 2.16. The van der Waals surface area contributed by atoms with E-state index >= 15 is 0 Å². The van der Waals surface area contributed by atoms with Crippen LogP contribution in [0.2, 0.25) is 5.02 Å². The number of ether oxygens (including phenoxy) is 1. The maximum atomic E-state index is 11.8. The third-order valence-corrected chi connectivity index (χ3v) is 3.15. The topological polar surface area (TPSA) is 86.1 Å². The summed E-state index contributed by atoms with van der Waals surface area (Å²) in [6.07, 6.45) is 0. The van der Waals surface area contributed by atoms with E-state index in [2.05, 4.69) is 4.98 Å². The second-order valence-electron chi connectivity index (χ2n) is 4.19. The van der Waals surface area contributed by atoms with Crippen LogP contribution in [0.5, 0.6) is 11.5 Å². The smallest absolute Gasteiger partial charge is 0.266 e. The number of hydrogen-bond acceptors (Lipinski definition) is 4. The molecule has 2 aromatic rings. The van der Waals surface area contributed by atoms with Crippen molar-refractivity contribution in [3.05, 3.63) is 44.8 Å². The number of nitriles is 1. The molecule has 0 aliphatic rings. The van der Waals surface area contributed by atoms with Gasteiger partial charge in [0.1, 0.15) is 11.6 Å². The van der Waals surface area contributed by atoms with Crippen LogP contribution in [0.4, 0.5) is 0 Å². The predicted molar refractivity (Wildman–Crippen MR) is 75.2 cm³/mol. The van der Waals surface area contributed by atoms with Crippen LogP contribution in [0.1, 0.15) is 11.3 Å². The molecule has 20 heavy (non-hydrogen) atoms. The van der Waals surface area contributed by atoms with Gasteiger partial charge in [0.15, 0.2) is 11.5 Å². The number of aromatic hydroxyl groups is 1. The molecule has 0 unspecified atom stereocenters. The van der Waals surface area contributed by atoms with Gasteiger partial charge in [-0.1, -0.05) is 11.6 Å². The van der Waals surface area contributed by atoms with E-state index in [0.29, 0.717) is 16.8 Å². The van der Waals surface area contributed by atoms with Gasteiger partial charge in [0.25, 0.3) is 5.56 Å². The Hall–Kier alpha value is -2.45. The van der Waals surface area contributed by atoms with Gasteiger partial charge in [-0.3, -0.25) is 4.79 Å². The molecule has 0 atom stereocenters. The Morgan fingerprint density at radius 1 is 1.35 bits per heavy atom. The molecule has 5 nitrogen and oxygen atoms in total. The van der Waals surface area contributed by atoms with Crippen molar-refractivity contribution in [2.24, 2.45) is 0 Å². The molecular weight excluding hydrogens is 280 g/mol. The van der Waals surface area contributed by atoms with E-state index in [0.717, 1.165) is 0 Å². The SMILES string of the molecule is COc1cc(-c2cc(C)[nH]c(=O)c2C#N)c(Cl)cc1O. The highest BCUT2D eigenvalue weighted by molar-refractivity contribution is 6.33. The monoisotopic (exact) mass is 290 g/mol. The fraction of sp³-hybridized carbons (Fsp3) is 0.143. The van der Waals surface area contributed by atoms with Crippen LogP contribution in [0.15, 0.2) is 23.0 Å². The van der Waals surface area contributed by atoms with Crippen molar-refractivity contribution in [1.82, 2.24) is 4.98 Å². The molecule has 1 heterocycles. The van der Waals surface area contributed by atoms with E-state index in [4.69, 9.17) is 21.6 Å². The summed E-state index contributed by atoms with van der Waals surface area (Å²) in [4.78, 5) is 14.4. The van der Waals surface area contributed by atoms with Crippen LogP contribution in [-0.4, -0.2) is 17.2 Å². The number of benzene rings is 1. The molecule has 102 valence electrons. The van der Waals surface area contributed by atoms with Crippen molar-refractivity contribution in [1.29, 1.82) is 5.26 Å². The van der Waals surface area contributed by atoms with Gasteiger partial charge in [0, 0.05) is 22.9 Å². The third kappa shape index (κ3) is 2.33. The van der Waals surface area contributed by atoms with Gasteiger partial charge in [0.05, 0.1) is 12.1 Å². The Balaban J connectivity index is 2.82. The van der Waals surface area contributed by atoms with Crippen molar-refractivity contribution < 1.29 is 9.84 Å². The predicted octanol–water partition coefficient (Wildman–Crippen LogP) is 2.59. The van der Waals surface area contributed by atoms with Crippen LogP contribution < -0.4 is 10.3 Å². The van der Waals surface area contributed by atoms with Crippen molar-refractivity contribution in [3.63, 3.8) is 0 Å².